The Morgan fingerprint density at radius 3 is 1.87 bits per heavy atom. The Balaban J connectivity index is 2.06. The molecule has 0 amide bonds. The van der Waals surface area contributed by atoms with Gasteiger partial charge in [0.2, 0.25) is 0 Å². The van der Waals surface area contributed by atoms with Crippen molar-refractivity contribution < 1.29 is 33.9 Å². The average Bonchev–Trinajstić information content (AvgIpc) is 2.78. The third kappa shape index (κ3) is 14.4. The van der Waals surface area contributed by atoms with Gasteiger partial charge in [0, 0.05) is 0 Å². The third-order valence-electron chi connectivity index (χ3n) is 4.79. The molecule has 7 heteroatoms. The first-order valence-corrected chi connectivity index (χ1v) is 11.6. The number of unbranched alkanes of at least 4 members (excludes halogenated alkanes) is 10. The summed E-state index contributed by atoms with van der Waals surface area (Å²) in [5.74, 6) is -0.111. The van der Waals surface area contributed by atoms with Gasteiger partial charge in [0.1, 0.15) is 5.75 Å². The van der Waals surface area contributed by atoms with Crippen LogP contribution in [0.5, 0.6) is 5.75 Å². The van der Waals surface area contributed by atoms with Crippen LogP contribution in [0.15, 0.2) is 24.3 Å². The standard InChI is InChI=1S/C24H38O7/c1-3-5-7-9-10-11-12-14-20-28-24(26)30-31-29-23(25)21-15-17-22(18-16-21)27-19-13-8-6-4-2/h15-18H,3-14,19-20H2,1-2H3. The molecule has 0 radical (unpaired) electrons. The maximum absolute atomic E-state index is 11.9. The van der Waals surface area contributed by atoms with Crippen molar-refractivity contribution in [2.75, 3.05) is 13.2 Å². The lowest BCUT2D eigenvalue weighted by Gasteiger charge is -2.07. The lowest BCUT2D eigenvalue weighted by molar-refractivity contribution is -0.452. The van der Waals surface area contributed by atoms with E-state index in [1.54, 1.807) is 24.3 Å². The maximum atomic E-state index is 11.9. The zero-order valence-electron chi connectivity index (χ0n) is 19.1. The van der Waals surface area contributed by atoms with Crippen LogP contribution in [-0.4, -0.2) is 25.3 Å². The molecule has 0 spiro atoms. The Hall–Kier alpha value is -2.28. The highest BCUT2D eigenvalue weighted by Crippen LogP contribution is 2.14. The second-order valence-electron chi connectivity index (χ2n) is 7.53. The minimum Gasteiger partial charge on any atom is -0.494 e. The molecular formula is C24H38O7. The molecule has 176 valence electrons. The van der Waals surface area contributed by atoms with Crippen LogP contribution in [0.2, 0.25) is 0 Å². The Bertz CT molecular complexity index is 586. The summed E-state index contributed by atoms with van der Waals surface area (Å²) in [4.78, 5) is 32.0. The lowest BCUT2D eigenvalue weighted by atomic mass is 10.1. The van der Waals surface area contributed by atoms with E-state index in [0.717, 1.165) is 32.1 Å². The first-order valence-electron chi connectivity index (χ1n) is 11.6. The van der Waals surface area contributed by atoms with Gasteiger partial charge in [-0.2, -0.15) is 0 Å². The molecule has 0 bridgehead atoms. The highest BCUT2D eigenvalue weighted by Gasteiger charge is 2.12. The predicted octanol–water partition coefficient (Wildman–Crippen LogP) is 6.94. The van der Waals surface area contributed by atoms with E-state index in [4.69, 9.17) is 9.47 Å². The molecule has 0 heterocycles. The molecule has 31 heavy (non-hydrogen) atoms. The maximum Gasteiger partial charge on any atom is 0.543 e. The number of carbonyl (C=O) groups is 2. The molecule has 0 unspecified atom stereocenters. The summed E-state index contributed by atoms with van der Waals surface area (Å²) in [7, 11) is 0. The van der Waals surface area contributed by atoms with Gasteiger partial charge in [-0.25, -0.2) is 14.5 Å². The number of carbonyl (C=O) groups excluding carboxylic acids is 2. The Morgan fingerprint density at radius 1 is 0.677 bits per heavy atom. The average molecular weight is 439 g/mol. The second kappa shape index (κ2) is 18.5. The Morgan fingerprint density at radius 2 is 1.23 bits per heavy atom. The monoisotopic (exact) mass is 438 g/mol. The van der Waals surface area contributed by atoms with Crippen LogP contribution in [0.4, 0.5) is 4.79 Å². The molecular weight excluding hydrogens is 400 g/mol. The van der Waals surface area contributed by atoms with Gasteiger partial charge in [-0.3, -0.25) is 4.89 Å². The van der Waals surface area contributed by atoms with E-state index in [2.05, 4.69) is 28.7 Å². The van der Waals surface area contributed by atoms with E-state index >= 15 is 0 Å². The van der Waals surface area contributed by atoms with Gasteiger partial charge < -0.3 is 9.47 Å². The number of benzene rings is 1. The second-order valence-corrected chi connectivity index (χ2v) is 7.53. The summed E-state index contributed by atoms with van der Waals surface area (Å²) in [5.41, 5.74) is 0.245. The number of hydrogen-bond donors (Lipinski definition) is 0. The molecule has 7 nitrogen and oxygen atoms in total. The quantitative estimate of drug-likeness (QED) is 0.106. The molecule has 0 aliphatic carbocycles. The van der Waals surface area contributed by atoms with Crippen molar-refractivity contribution in [3.8, 4) is 5.75 Å². The van der Waals surface area contributed by atoms with E-state index in [1.807, 2.05) is 0 Å². The molecule has 0 N–H and O–H groups in total. The number of rotatable bonds is 18. The van der Waals surface area contributed by atoms with Gasteiger partial charge in [0.25, 0.3) is 0 Å². The first-order chi connectivity index (χ1) is 15.2. The van der Waals surface area contributed by atoms with Crippen molar-refractivity contribution in [1.29, 1.82) is 0 Å². The topological polar surface area (TPSA) is 80.3 Å². The predicted molar refractivity (Wildman–Crippen MR) is 118 cm³/mol. The summed E-state index contributed by atoms with van der Waals surface area (Å²) < 4.78 is 10.5. The minimum absolute atomic E-state index is 0.241. The number of hydrogen-bond acceptors (Lipinski definition) is 7. The summed E-state index contributed by atoms with van der Waals surface area (Å²) >= 11 is 0. The number of ether oxygens (including phenoxy) is 2. The van der Waals surface area contributed by atoms with Crippen molar-refractivity contribution in [3.63, 3.8) is 0 Å². The Labute approximate surface area is 186 Å². The smallest absolute Gasteiger partial charge is 0.494 e. The SMILES string of the molecule is CCCCCCCCCCOC(=O)OOOC(=O)c1ccc(OCCCCCC)cc1. The van der Waals surface area contributed by atoms with Crippen LogP contribution in [0.1, 0.15) is 101 Å². The van der Waals surface area contributed by atoms with Crippen LogP contribution in [0, 0.1) is 0 Å². The molecule has 1 rings (SSSR count). The van der Waals surface area contributed by atoms with Crippen LogP contribution in [0.3, 0.4) is 0 Å². The molecule has 1 aromatic rings. The first kappa shape index (κ1) is 26.8. The highest BCUT2D eigenvalue weighted by atomic mass is 17.5. The van der Waals surface area contributed by atoms with Crippen molar-refractivity contribution >= 4 is 12.1 Å². The van der Waals surface area contributed by atoms with E-state index in [1.165, 1.54) is 44.9 Å². The van der Waals surface area contributed by atoms with Crippen molar-refractivity contribution in [1.82, 2.24) is 0 Å². The normalized spacial score (nSPS) is 10.5. The van der Waals surface area contributed by atoms with Crippen LogP contribution < -0.4 is 4.74 Å². The van der Waals surface area contributed by atoms with Crippen LogP contribution >= 0.6 is 0 Å². The summed E-state index contributed by atoms with van der Waals surface area (Å²) in [5, 5.41) is 4.22. The van der Waals surface area contributed by atoms with Gasteiger partial charge in [-0.1, -0.05) is 78.1 Å². The van der Waals surface area contributed by atoms with Gasteiger partial charge in [-0.15, -0.1) is 0 Å². The van der Waals surface area contributed by atoms with Gasteiger partial charge >= 0.3 is 12.1 Å². The van der Waals surface area contributed by atoms with Crippen LogP contribution in [-0.2, 0) is 19.6 Å². The van der Waals surface area contributed by atoms with Crippen molar-refractivity contribution in [2.45, 2.75) is 90.9 Å². The zero-order valence-corrected chi connectivity index (χ0v) is 19.1. The van der Waals surface area contributed by atoms with E-state index in [-0.39, 0.29) is 12.2 Å². The molecule has 0 fully saturated rings. The van der Waals surface area contributed by atoms with Crippen molar-refractivity contribution in [3.05, 3.63) is 29.8 Å². The Kier molecular flexibility index (Phi) is 16.0. The summed E-state index contributed by atoms with van der Waals surface area (Å²) in [6, 6.07) is 6.45. The van der Waals surface area contributed by atoms with Gasteiger partial charge in [-0.05, 0) is 37.1 Å². The summed E-state index contributed by atoms with van der Waals surface area (Å²) in [6.07, 6.45) is 12.6. The molecule has 0 aliphatic rings. The highest BCUT2D eigenvalue weighted by molar-refractivity contribution is 5.89. The third-order valence-corrected chi connectivity index (χ3v) is 4.79. The molecule has 0 atom stereocenters. The molecule has 0 saturated carbocycles. The van der Waals surface area contributed by atoms with Gasteiger partial charge in [0.05, 0.1) is 23.8 Å². The lowest BCUT2D eigenvalue weighted by Crippen LogP contribution is -2.12. The minimum atomic E-state index is -1.04. The largest absolute Gasteiger partial charge is 0.543 e. The van der Waals surface area contributed by atoms with Crippen LogP contribution in [0.25, 0.3) is 0 Å². The molecule has 0 saturated heterocycles. The fraction of sp³-hybridized carbons (Fsp3) is 0.667. The van der Waals surface area contributed by atoms with E-state index < -0.39 is 12.1 Å². The van der Waals surface area contributed by atoms with E-state index in [0.29, 0.717) is 12.4 Å². The fourth-order valence-corrected chi connectivity index (χ4v) is 2.95. The van der Waals surface area contributed by atoms with Gasteiger partial charge in [0.15, 0.2) is 0 Å². The molecule has 1 aromatic carbocycles. The molecule has 0 aromatic heterocycles. The summed E-state index contributed by atoms with van der Waals surface area (Å²) in [6.45, 7) is 5.24. The van der Waals surface area contributed by atoms with E-state index in [9.17, 15) is 9.59 Å². The van der Waals surface area contributed by atoms with Crippen molar-refractivity contribution in [2.24, 2.45) is 0 Å². The fourth-order valence-electron chi connectivity index (χ4n) is 2.95. The molecule has 0 aliphatic heterocycles. The zero-order chi connectivity index (χ0) is 22.6.